The Bertz CT molecular complexity index is 1110. The third-order valence-corrected chi connectivity index (χ3v) is 4.36. The van der Waals surface area contributed by atoms with E-state index in [1.54, 1.807) is 24.5 Å². The molecular weight excluding hydrogens is 350 g/mol. The Morgan fingerprint density at radius 3 is 2.25 bits per heavy atom. The van der Waals surface area contributed by atoms with E-state index in [0.717, 1.165) is 21.9 Å². The molecule has 1 aromatic heterocycles. The van der Waals surface area contributed by atoms with Crippen LogP contribution in [-0.2, 0) is 0 Å². The molecular formula is C23H17N3O2. The molecule has 0 saturated heterocycles. The largest absolute Gasteiger partial charge is 0.507 e. The third kappa shape index (κ3) is 3.59. The van der Waals surface area contributed by atoms with Crippen molar-refractivity contribution in [3.63, 3.8) is 0 Å². The minimum absolute atomic E-state index is 0.0889. The molecule has 28 heavy (non-hydrogen) atoms. The Morgan fingerprint density at radius 2 is 1.54 bits per heavy atom. The van der Waals surface area contributed by atoms with Gasteiger partial charge in [-0.2, -0.15) is 5.10 Å². The van der Waals surface area contributed by atoms with Gasteiger partial charge in [0.25, 0.3) is 5.91 Å². The first-order valence-corrected chi connectivity index (χ1v) is 8.78. The Balaban J connectivity index is 1.69. The maximum absolute atomic E-state index is 12.7. The number of carbonyl (C=O) groups excluding carboxylic acids is 1. The summed E-state index contributed by atoms with van der Waals surface area (Å²) < 4.78 is 0. The number of phenols is 1. The van der Waals surface area contributed by atoms with E-state index in [1.165, 1.54) is 0 Å². The average Bonchev–Trinajstić information content (AvgIpc) is 2.75. The first-order chi connectivity index (χ1) is 13.7. The summed E-state index contributed by atoms with van der Waals surface area (Å²) in [6.07, 6.45) is 3.36. The summed E-state index contributed by atoms with van der Waals surface area (Å²) in [5, 5.41) is 16.3. The Hall–Kier alpha value is -3.99. The van der Waals surface area contributed by atoms with E-state index in [2.05, 4.69) is 15.5 Å². The monoisotopic (exact) mass is 367 g/mol. The summed E-state index contributed by atoms with van der Waals surface area (Å²) in [6, 6.07) is 24.0. The van der Waals surface area contributed by atoms with Crippen LogP contribution in [0.15, 0.2) is 96.4 Å². The number of rotatable bonds is 4. The quantitative estimate of drug-likeness (QED) is 0.421. The molecule has 0 aliphatic rings. The number of aromatic nitrogens is 1. The summed E-state index contributed by atoms with van der Waals surface area (Å²) in [5.74, 6) is -0.574. The van der Waals surface area contributed by atoms with Crippen LogP contribution >= 0.6 is 0 Å². The lowest BCUT2D eigenvalue weighted by Gasteiger charge is -2.09. The highest BCUT2D eigenvalue weighted by Gasteiger charge is 2.13. The molecule has 0 saturated carbocycles. The van der Waals surface area contributed by atoms with Gasteiger partial charge in [0, 0.05) is 23.5 Å². The lowest BCUT2D eigenvalue weighted by Crippen LogP contribution is -2.21. The number of fused-ring (bicyclic) bond motifs is 1. The number of phenolic OH excluding ortho intramolecular Hbond substituents is 1. The van der Waals surface area contributed by atoms with Crippen molar-refractivity contribution in [2.24, 2.45) is 5.10 Å². The van der Waals surface area contributed by atoms with Crippen molar-refractivity contribution in [3.8, 4) is 5.75 Å². The molecule has 0 spiro atoms. The van der Waals surface area contributed by atoms with Gasteiger partial charge in [-0.25, -0.2) is 5.43 Å². The SMILES string of the molecule is O=C(NN=C(c1ccccc1)c1cccnc1)c1cc2ccccc2cc1O. The van der Waals surface area contributed by atoms with Crippen molar-refractivity contribution in [3.05, 3.63) is 108 Å². The van der Waals surface area contributed by atoms with E-state index in [-0.39, 0.29) is 11.3 Å². The van der Waals surface area contributed by atoms with Crippen molar-refractivity contribution >= 4 is 22.4 Å². The molecule has 0 bridgehead atoms. The summed E-state index contributed by atoms with van der Waals surface area (Å²) in [5.41, 5.74) is 4.94. The van der Waals surface area contributed by atoms with Crippen LogP contribution in [0.3, 0.4) is 0 Å². The zero-order chi connectivity index (χ0) is 19.3. The number of amides is 1. The van der Waals surface area contributed by atoms with Crippen LogP contribution in [0.2, 0.25) is 0 Å². The number of nitrogens with one attached hydrogen (secondary N) is 1. The predicted molar refractivity (Wildman–Crippen MR) is 109 cm³/mol. The summed E-state index contributed by atoms with van der Waals surface area (Å²) >= 11 is 0. The first kappa shape index (κ1) is 17.4. The fourth-order valence-electron chi connectivity index (χ4n) is 2.97. The molecule has 0 aliphatic heterocycles. The van der Waals surface area contributed by atoms with Crippen molar-refractivity contribution in [1.82, 2.24) is 10.4 Å². The second-order valence-electron chi connectivity index (χ2n) is 6.23. The molecule has 0 aliphatic carbocycles. The molecule has 5 nitrogen and oxygen atoms in total. The van der Waals surface area contributed by atoms with Crippen LogP contribution in [0, 0.1) is 0 Å². The van der Waals surface area contributed by atoms with E-state index in [1.807, 2.05) is 66.7 Å². The van der Waals surface area contributed by atoms with Crippen LogP contribution in [0.1, 0.15) is 21.5 Å². The van der Waals surface area contributed by atoms with Crippen LogP contribution < -0.4 is 5.43 Å². The number of hydrogen-bond donors (Lipinski definition) is 2. The van der Waals surface area contributed by atoms with E-state index in [4.69, 9.17) is 0 Å². The smallest absolute Gasteiger partial charge is 0.275 e. The maximum Gasteiger partial charge on any atom is 0.275 e. The van der Waals surface area contributed by atoms with Crippen LogP contribution in [-0.4, -0.2) is 21.7 Å². The molecule has 0 atom stereocenters. The molecule has 0 fully saturated rings. The van der Waals surface area contributed by atoms with E-state index in [9.17, 15) is 9.90 Å². The van der Waals surface area contributed by atoms with Gasteiger partial charge in [0.2, 0.25) is 0 Å². The highest BCUT2D eigenvalue weighted by atomic mass is 16.3. The molecule has 2 N–H and O–H groups in total. The van der Waals surface area contributed by atoms with E-state index >= 15 is 0 Å². The number of aromatic hydroxyl groups is 1. The molecule has 0 radical (unpaired) electrons. The number of nitrogens with zero attached hydrogens (tertiary/aromatic N) is 2. The molecule has 5 heteroatoms. The number of carbonyl (C=O) groups is 1. The van der Waals surface area contributed by atoms with Crippen LogP contribution in [0.25, 0.3) is 10.8 Å². The number of benzene rings is 3. The summed E-state index contributed by atoms with van der Waals surface area (Å²) in [7, 11) is 0. The molecule has 4 aromatic rings. The fourth-order valence-corrected chi connectivity index (χ4v) is 2.97. The second kappa shape index (κ2) is 7.72. The zero-order valence-corrected chi connectivity index (χ0v) is 14.9. The van der Waals surface area contributed by atoms with Gasteiger partial charge in [-0.15, -0.1) is 0 Å². The highest BCUT2D eigenvalue weighted by Crippen LogP contribution is 2.25. The van der Waals surface area contributed by atoms with Gasteiger partial charge < -0.3 is 5.11 Å². The highest BCUT2D eigenvalue weighted by molar-refractivity contribution is 6.13. The van der Waals surface area contributed by atoms with Gasteiger partial charge in [0.05, 0.1) is 11.3 Å². The van der Waals surface area contributed by atoms with Gasteiger partial charge in [-0.1, -0.05) is 54.6 Å². The molecule has 136 valence electrons. The van der Waals surface area contributed by atoms with Crippen molar-refractivity contribution < 1.29 is 9.90 Å². The lowest BCUT2D eigenvalue weighted by atomic mass is 10.0. The number of hydrazone groups is 1. The Labute approximate surface area is 162 Å². The fraction of sp³-hybridized carbons (Fsp3) is 0. The van der Waals surface area contributed by atoms with Gasteiger partial charge in [0.15, 0.2) is 0 Å². The Morgan fingerprint density at radius 1 is 0.857 bits per heavy atom. The predicted octanol–water partition coefficient (Wildman–Crippen LogP) is 4.12. The molecule has 4 rings (SSSR count). The minimum atomic E-state index is -0.486. The molecule has 1 amide bonds. The second-order valence-corrected chi connectivity index (χ2v) is 6.23. The van der Waals surface area contributed by atoms with Crippen molar-refractivity contribution in [2.45, 2.75) is 0 Å². The number of hydrogen-bond acceptors (Lipinski definition) is 4. The zero-order valence-electron chi connectivity index (χ0n) is 14.9. The minimum Gasteiger partial charge on any atom is -0.507 e. The van der Waals surface area contributed by atoms with Crippen LogP contribution in [0.5, 0.6) is 5.75 Å². The van der Waals surface area contributed by atoms with Crippen LogP contribution in [0.4, 0.5) is 0 Å². The topological polar surface area (TPSA) is 74.6 Å². The van der Waals surface area contributed by atoms with Crippen molar-refractivity contribution in [2.75, 3.05) is 0 Å². The molecule has 1 heterocycles. The normalized spacial score (nSPS) is 11.4. The van der Waals surface area contributed by atoms with Gasteiger partial charge in [-0.3, -0.25) is 9.78 Å². The third-order valence-electron chi connectivity index (χ3n) is 4.36. The molecule has 3 aromatic carbocycles. The standard InChI is InChI=1S/C23H17N3O2/c27-21-14-18-10-5-4-9-17(18)13-20(21)23(28)26-25-22(16-7-2-1-3-8-16)19-11-6-12-24-15-19/h1-15,27H,(H,26,28). The average molecular weight is 367 g/mol. The van der Waals surface area contributed by atoms with Gasteiger partial charge >= 0.3 is 0 Å². The summed E-state index contributed by atoms with van der Waals surface area (Å²) in [4.78, 5) is 16.8. The van der Waals surface area contributed by atoms with E-state index < -0.39 is 5.91 Å². The first-order valence-electron chi connectivity index (χ1n) is 8.78. The van der Waals surface area contributed by atoms with Gasteiger partial charge in [0.1, 0.15) is 5.75 Å². The Kier molecular flexibility index (Phi) is 4.80. The number of pyridine rings is 1. The summed E-state index contributed by atoms with van der Waals surface area (Å²) in [6.45, 7) is 0. The van der Waals surface area contributed by atoms with E-state index in [0.29, 0.717) is 5.71 Å². The maximum atomic E-state index is 12.7. The lowest BCUT2D eigenvalue weighted by molar-refractivity contribution is 0.0952. The van der Waals surface area contributed by atoms with Crippen molar-refractivity contribution in [1.29, 1.82) is 0 Å². The van der Waals surface area contributed by atoms with Gasteiger partial charge in [-0.05, 0) is 35.0 Å². The molecule has 0 unspecified atom stereocenters.